The van der Waals surface area contributed by atoms with Gasteiger partial charge in [0.1, 0.15) is 16.8 Å². The van der Waals surface area contributed by atoms with Crippen LogP contribution in [0.3, 0.4) is 0 Å². The summed E-state index contributed by atoms with van der Waals surface area (Å²) in [4.78, 5) is 71.0. The number of piperidine rings is 3. The molecular formula is C50H56ClN11O7S. The molecule has 2 aromatic heterocycles. The Morgan fingerprint density at radius 2 is 1.59 bits per heavy atom. The van der Waals surface area contributed by atoms with E-state index in [4.69, 9.17) is 16.3 Å². The summed E-state index contributed by atoms with van der Waals surface area (Å²) in [5, 5.41) is 9.89. The molecule has 0 radical (unpaired) electrons. The number of aromatic nitrogens is 3. The van der Waals surface area contributed by atoms with Gasteiger partial charge in [-0.15, -0.1) is 0 Å². The third-order valence-corrected chi connectivity index (χ3v) is 16.4. The summed E-state index contributed by atoms with van der Waals surface area (Å²) >= 11 is 6.56. The Hall–Kier alpha value is -6.28. The molecule has 0 bridgehead atoms. The second kappa shape index (κ2) is 18.8. The number of anilines is 6. The lowest BCUT2D eigenvalue weighted by atomic mass is 9.92. The minimum atomic E-state index is -3.55. The second-order valence-corrected chi connectivity index (χ2v) is 21.6. The molecule has 1 atom stereocenters. The van der Waals surface area contributed by atoms with Gasteiger partial charge in [0.15, 0.2) is 5.82 Å². The minimum absolute atomic E-state index is 0.0978. The highest BCUT2D eigenvalue weighted by Gasteiger charge is 2.45. The molecule has 0 aliphatic carbocycles. The van der Waals surface area contributed by atoms with E-state index in [0.717, 1.165) is 125 Å². The maximum atomic E-state index is 13.4. The van der Waals surface area contributed by atoms with Crippen molar-refractivity contribution in [1.82, 2.24) is 34.0 Å². The molecule has 6 aliphatic rings. The van der Waals surface area contributed by atoms with E-state index in [0.29, 0.717) is 52.7 Å². The lowest BCUT2D eigenvalue weighted by Crippen LogP contribution is -2.54. The molecule has 4 fully saturated rings. The summed E-state index contributed by atoms with van der Waals surface area (Å²) in [6, 6.07) is 16.4. The van der Waals surface area contributed by atoms with Crippen molar-refractivity contribution in [2.24, 2.45) is 5.92 Å². The number of piperazine rings is 1. The molecule has 18 nitrogen and oxygen atoms in total. The number of hydrogen-bond acceptors (Lipinski definition) is 15. The van der Waals surface area contributed by atoms with Gasteiger partial charge in [0, 0.05) is 99.8 Å². The fourth-order valence-corrected chi connectivity index (χ4v) is 12.3. The Morgan fingerprint density at radius 1 is 0.814 bits per heavy atom. The number of carbonyl (C=O) groups excluding carboxylic acids is 4. The molecule has 4 amide bonds. The quantitative estimate of drug-likeness (QED) is 0.131. The van der Waals surface area contributed by atoms with Gasteiger partial charge in [-0.2, -0.15) is 4.98 Å². The monoisotopic (exact) mass is 989 g/mol. The number of benzene rings is 3. The summed E-state index contributed by atoms with van der Waals surface area (Å²) in [6.45, 7) is 9.76. The molecule has 5 aromatic rings. The van der Waals surface area contributed by atoms with Gasteiger partial charge in [0.2, 0.25) is 27.8 Å². The van der Waals surface area contributed by atoms with E-state index in [-0.39, 0.29) is 23.8 Å². The Bertz CT molecular complexity index is 3020. The number of ether oxygens (including phenoxy) is 1. The molecule has 366 valence electrons. The van der Waals surface area contributed by atoms with E-state index in [1.165, 1.54) is 34.0 Å². The van der Waals surface area contributed by atoms with Crippen LogP contribution in [0, 0.1) is 5.92 Å². The van der Waals surface area contributed by atoms with Crippen molar-refractivity contribution < 1.29 is 32.3 Å². The molecule has 0 saturated carbocycles. The first-order chi connectivity index (χ1) is 33.9. The summed E-state index contributed by atoms with van der Waals surface area (Å²) in [7, 11) is -3.55. The van der Waals surface area contributed by atoms with E-state index in [9.17, 15) is 27.6 Å². The van der Waals surface area contributed by atoms with Crippen LogP contribution in [-0.2, 0) is 26.0 Å². The molecule has 3 N–H and O–H groups in total. The molecule has 1 unspecified atom stereocenters. The molecular weight excluding hydrogens is 934 g/mol. The topological polar surface area (TPSA) is 195 Å². The van der Waals surface area contributed by atoms with Gasteiger partial charge in [-0.25, -0.2) is 17.4 Å². The van der Waals surface area contributed by atoms with Crippen LogP contribution in [0.15, 0.2) is 67.0 Å². The highest BCUT2D eigenvalue weighted by molar-refractivity contribution is 7.89. The Balaban J connectivity index is 0.639. The van der Waals surface area contributed by atoms with Gasteiger partial charge >= 0.3 is 0 Å². The second-order valence-electron chi connectivity index (χ2n) is 19.3. The number of fused-ring (bicyclic) bond motifs is 3. The van der Waals surface area contributed by atoms with Crippen molar-refractivity contribution in [2.45, 2.75) is 63.5 Å². The van der Waals surface area contributed by atoms with E-state index < -0.39 is 33.8 Å². The van der Waals surface area contributed by atoms with Crippen molar-refractivity contribution in [3.8, 4) is 5.75 Å². The SMILES string of the molecule is CS(=O)(=O)n1ccc2cccc(Nc3nc(Nc4ccc(N5CCC(N6CCN(CCC7CCN(c8ccc9c(c8)C(=O)N(C8CCC(=O)NC8=O)C9=O)CC7)CC6)CC5)c5c4OCC5)ncc3Cl)c21. The number of carbonyl (C=O) groups is 4. The number of halogens is 1. The molecule has 3 aromatic carbocycles. The van der Waals surface area contributed by atoms with Crippen LogP contribution in [0.5, 0.6) is 5.75 Å². The molecule has 0 spiro atoms. The third kappa shape index (κ3) is 8.92. The number of para-hydroxylation sites is 1. The Morgan fingerprint density at radius 3 is 2.36 bits per heavy atom. The minimum Gasteiger partial charge on any atom is -0.491 e. The fraction of sp³-hybridized carbons (Fsp3) is 0.440. The summed E-state index contributed by atoms with van der Waals surface area (Å²) in [6.07, 6.45) is 10.8. The first-order valence-electron chi connectivity index (χ1n) is 24.3. The maximum Gasteiger partial charge on any atom is 0.262 e. The normalized spacial score (nSPS) is 20.8. The zero-order valence-corrected chi connectivity index (χ0v) is 40.6. The third-order valence-electron chi connectivity index (χ3n) is 15.1. The molecule has 11 rings (SSSR count). The number of amides is 4. The van der Waals surface area contributed by atoms with Crippen LogP contribution in [0.1, 0.15) is 71.2 Å². The lowest BCUT2D eigenvalue weighted by Gasteiger charge is -2.44. The first-order valence-corrected chi connectivity index (χ1v) is 26.6. The Labute approximate surface area is 411 Å². The van der Waals surface area contributed by atoms with Gasteiger partial charge in [0.05, 0.1) is 47.1 Å². The fourth-order valence-electron chi connectivity index (χ4n) is 11.3. The average Bonchev–Trinajstić information content (AvgIpc) is 4.10. The standard InChI is InChI=1S/C50H56ClN11O7S/c1-70(67,68)61-23-14-32-3-2-4-39(44(32)61)53-46-38(51)30-52-50(56-46)54-40-7-8-41(36-17-28-69-45(36)40)60-21-15-33(16-22-60)59-26-24-57(25-27-59)18-11-31-12-19-58(20-13-31)34-5-6-35-37(29-34)49(66)62(48(35)65)42-9-10-43(63)55-47(42)64/h2-8,14,23,29-31,33,42H,9-13,15-22,24-28H2,1H3,(H,55,63,64)(H2,52,53,54,56). The number of nitrogens with one attached hydrogen (secondary N) is 3. The number of rotatable bonds is 12. The van der Waals surface area contributed by atoms with Crippen molar-refractivity contribution in [3.63, 3.8) is 0 Å². The van der Waals surface area contributed by atoms with Crippen LogP contribution in [-0.4, -0.2) is 145 Å². The van der Waals surface area contributed by atoms with Crippen LogP contribution < -0.4 is 30.5 Å². The van der Waals surface area contributed by atoms with Gasteiger partial charge in [-0.3, -0.25) is 34.3 Å². The van der Waals surface area contributed by atoms with Crippen LogP contribution in [0.2, 0.25) is 5.02 Å². The number of imide groups is 2. The van der Waals surface area contributed by atoms with E-state index in [1.807, 2.05) is 24.3 Å². The van der Waals surface area contributed by atoms with E-state index >= 15 is 0 Å². The zero-order valence-electron chi connectivity index (χ0n) is 39.0. The molecule has 70 heavy (non-hydrogen) atoms. The smallest absolute Gasteiger partial charge is 0.262 e. The predicted octanol–water partition coefficient (Wildman–Crippen LogP) is 5.61. The highest BCUT2D eigenvalue weighted by atomic mass is 35.5. The molecule has 6 aliphatic heterocycles. The van der Waals surface area contributed by atoms with Crippen LogP contribution in [0.25, 0.3) is 10.9 Å². The maximum absolute atomic E-state index is 13.4. The summed E-state index contributed by atoms with van der Waals surface area (Å²) in [5.74, 6) is 0.167. The summed E-state index contributed by atoms with van der Waals surface area (Å²) in [5.41, 5.74) is 5.77. The van der Waals surface area contributed by atoms with Gasteiger partial charge in [-0.1, -0.05) is 23.7 Å². The average molecular weight is 991 g/mol. The van der Waals surface area contributed by atoms with Crippen LogP contribution in [0.4, 0.5) is 34.5 Å². The van der Waals surface area contributed by atoms with Crippen LogP contribution >= 0.6 is 11.6 Å². The van der Waals surface area contributed by atoms with Crippen molar-refractivity contribution in [2.75, 3.05) is 92.2 Å². The first kappa shape index (κ1) is 46.1. The molecule has 4 saturated heterocycles. The van der Waals surface area contributed by atoms with Crippen molar-refractivity contribution >= 4 is 90.7 Å². The predicted molar refractivity (Wildman–Crippen MR) is 267 cm³/mol. The van der Waals surface area contributed by atoms with Gasteiger partial charge < -0.3 is 30.1 Å². The van der Waals surface area contributed by atoms with E-state index in [2.05, 4.69) is 51.6 Å². The number of hydrogen-bond donors (Lipinski definition) is 3. The van der Waals surface area contributed by atoms with Gasteiger partial charge in [-0.05, 0) is 93.5 Å². The van der Waals surface area contributed by atoms with Crippen molar-refractivity contribution in [3.05, 3.63) is 88.7 Å². The van der Waals surface area contributed by atoms with E-state index in [1.54, 1.807) is 24.3 Å². The van der Waals surface area contributed by atoms with Crippen molar-refractivity contribution in [1.29, 1.82) is 0 Å². The molecule has 20 heteroatoms. The largest absolute Gasteiger partial charge is 0.491 e. The molecule has 8 heterocycles. The van der Waals surface area contributed by atoms with Gasteiger partial charge in [0.25, 0.3) is 11.8 Å². The highest BCUT2D eigenvalue weighted by Crippen LogP contribution is 2.43. The lowest BCUT2D eigenvalue weighted by molar-refractivity contribution is -0.136. The Kier molecular flexibility index (Phi) is 12.4. The zero-order chi connectivity index (χ0) is 48.3. The number of nitrogens with zero attached hydrogens (tertiary/aromatic N) is 8. The summed E-state index contributed by atoms with van der Waals surface area (Å²) < 4.78 is 32.5.